The van der Waals surface area contributed by atoms with Crippen LogP contribution in [0, 0.1) is 11.8 Å². The minimum absolute atomic E-state index is 0.345. The molecule has 0 saturated heterocycles. The Morgan fingerprint density at radius 2 is 1.08 bits per heavy atom. The summed E-state index contributed by atoms with van der Waals surface area (Å²) in [4.78, 5) is 26.0. The summed E-state index contributed by atoms with van der Waals surface area (Å²) in [5.41, 5.74) is -2.29. The first kappa shape index (κ1) is 26.4. The molecule has 1 amide bonds. The van der Waals surface area contributed by atoms with Crippen molar-refractivity contribution in [3.05, 3.63) is 70.8 Å². The van der Waals surface area contributed by atoms with Crippen molar-refractivity contribution in [2.75, 3.05) is 6.54 Å². The zero-order chi connectivity index (χ0) is 25.8. The lowest BCUT2D eigenvalue weighted by molar-refractivity contribution is -0.180. The van der Waals surface area contributed by atoms with Crippen molar-refractivity contribution in [1.82, 2.24) is 5.32 Å². The van der Waals surface area contributed by atoms with Crippen LogP contribution >= 0.6 is 0 Å². The molecule has 0 saturated carbocycles. The number of aliphatic hydroxyl groups is 2. The van der Waals surface area contributed by atoms with Crippen LogP contribution in [0.15, 0.2) is 48.5 Å². The summed E-state index contributed by atoms with van der Waals surface area (Å²) in [5, 5.41) is 37.2. The molecule has 0 spiro atoms. The van der Waals surface area contributed by atoms with E-state index in [1.54, 1.807) is 48.5 Å². The molecule has 5 rings (SSSR count). The second-order valence-electron chi connectivity index (χ2n) is 10.4. The molecule has 0 radical (unpaired) electrons. The third-order valence-electron chi connectivity index (χ3n) is 8.11. The van der Waals surface area contributed by atoms with E-state index in [1.807, 2.05) is 0 Å². The average molecular weight is 494 g/mol. The monoisotopic (exact) mass is 493 g/mol. The Hall–Kier alpha value is -2.70. The number of carboxylic acids is 1. The quantitative estimate of drug-likeness (QED) is 0.299. The van der Waals surface area contributed by atoms with Gasteiger partial charge in [0.15, 0.2) is 0 Å². The number of carbonyl (C=O) groups is 2. The van der Waals surface area contributed by atoms with Crippen LogP contribution in [0.1, 0.15) is 93.4 Å². The van der Waals surface area contributed by atoms with Gasteiger partial charge in [0.2, 0.25) is 5.91 Å². The lowest BCUT2D eigenvalue weighted by atomic mass is 9.49. The molecule has 4 N–H and O–H groups in total. The Balaban J connectivity index is 1.45. The third-order valence-corrected chi connectivity index (χ3v) is 8.11. The summed E-state index contributed by atoms with van der Waals surface area (Å²) in [6.07, 6.45) is 11.8. The minimum Gasteiger partial charge on any atom is -0.481 e. The molecule has 6 heteroatoms. The molecule has 0 aromatic heterocycles. The normalized spacial score (nSPS) is 25.8. The molecule has 3 aliphatic rings. The van der Waals surface area contributed by atoms with E-state index in [4.69, 9.17) is 0 Å². The fourth-order valence-corrected chi connectivity index (χ4v) is 6.33. The zero-order valence-corrected chi connectivity index (χ0v) is 21.2. The molecule has 2 atom stereocenters. The van der Waals surface area contributed by atoms with Gasteiger partial charge in [0.1, 0.15) is 17.1 Å². The van der Waals surface area contributed by atoms with E-state index in [0.717, 1.165) is 19.3 Å². The SMILES string of the molecule is CCCCCCCCCCCCNC(=O)C1C(C(=O)O)C2(O)c3ccccc3C1(O)c1ccccc12. The van der Waals surface area contributed by atoms with Gasteiger partial charge >= 0.3 is 5.97 Å². The average Bonchev–Trinajstić information content (AvgIpc) is 2.88. The van der Waals surface area contributed by atoms with Crippen molar-refractivity contribution in [2.24, 2.45) is 11.8 Å². The maximum Gasteiger partial charge on any atom is 0.311 e. The van der Waals surface area contributed by atoms with Crippen LogP contribution in [-0.2, 0) is 20.8 Å². The summed E-state index contributed by atoms with van der Waals surface area (Å²) in [5.74, 6) is -4.71. The highest BCUT2D eigenvalue weighted by Gasteiger charge is 2.69. The molecule has 6 nitrogen and oxygen atoms in total. The van der Waals surface area contributed by atoms with Crippen molar-refractivity contribution >= 4 is 11.9 Å². The molecular weight excluding hydrogens is 454 g/mol. The third kappa shape index (κ3) is 4.46. The Morgan fingerprint density at radius 3 is 1.50 bits per heavy atom. The molecule has 0 aliphatic heterocycles. The van der Waals surface area contributed by atoms with Gasteiger partial charge in [-0.3, -0.25) is 9.59 Å². The highest BCUT2D eigenvalue weighted by molar-refractivity contribution is 5.91. The summed E-state index contributed by atoms with van der Waals surface area (Å²) in [6.45, 7) is 2.63. The minimum atomic E-state index is -1.91. The van der Waals surface area contributed by atoms with Crippen LogP contribution in [0.4, 0.5) is 0 Å². The van der Waals surface area contributed by atoms with Gasteiger partial charge < -0.3 is 20.6 Å². The van der Waals surface area contributed by atoms with Gasteiger partial charge in [-0.25, -0.2) is 0 Å². The number of rotatable bonds is 13. The molecule has 2 aromatic rings. The van der Waals surface area contributed by atoms with E-state index >= 15 is 0 Å². The topological polar surface area (TPSA) is 107 Å². The van der Waals surface area contributed by atoms with Crippen molar-refractivity contribution in [1.29, 1.82) is 0 Å². The smallest absolute Gasteiger partial charge is 0.311 e. The van der Waals surface area contributed by atoms with Gasteiger partial charge in [0, 0.05) is 6.54 Å². The van der Waals surface area contributed by atoms with Crippen LogP contribution in [0.25, 0.3) is 0 Å². The van der Waals surface area contributed by atoms with E-state index in [-0.39, 0.29) is 0 Å². The fourth-order valence-electron chi connectivity index (χ4n) is 6.33. The predicted molar refractivity (Wildman–Crippen MR) is 138 cm³/mol. The number of aliphatic carboxylic acids is 1. The summed E-state index contributed by atoms with van der Waals surface area (Å²) < 4.78 is 0. The summed E-state index contributed by atoms with van der Waals surface area (Å²) in [7, 11) is 0. The van der Waals surface area contributed by atoms with E-state index in [0.29, 0.717) is 28.8 Å². The van der Waals surface area contributed by atoms with Gasteiger partial charge in [0.05, 0.1) is 5.92 Å². The Kier molecular flexibility index (Phi) is 8.16. The van der Waals surface area contributed by atoms with Crippen LogP contribution < -0.4 is 5.32 Å². The Morgan fingerprint density at radius 1 is 0.694 bits per heavy atom. The van der Waals surface area contributed by atoms with Crippen LogP contribution in [0.3, 0.4) is 0 Å². The molecule has 194 valence electrons. The lowest BCUT2D eigenvalue weighted by Crippen LogP contribution is -2.65. The van der Waals surface area contributed by atoms with Gasteiger partial charge in [0.25, 0.3) is 0 Å². The first-order chi connectivity index (χ1) is 17.4. The van der Waals surface area contributed by atoms with Crippen LogP contribution in [-0.4, -0.2) is 33.7 Å². The van der Waals surface area contributed by atoms with Crippen molar-refractivity contribution in [2.45, 2.75) is 82.3 Å². The van der Waals surface area contributed by atoms with Gasteiger partial charge in [-0.15, -0.1) is 0 Å². The van der Waals surface area contributed by atoms with E-state index < -0.39 is 34.9 Å². The Bertz CT molecular complexity index is 1030. The molecule has 0 fully saturated rings. The molecule has 2 unspecified atom stereocenters. The molecule has 2 bridgehead atoms. The number of unbranched alkanes of at least 4 members (excludes halogenated alkanes) is 9. The Labute approximate surface area is 213 Å². The predicted octanol–water partition coefficient (Wildman–Crippen LogP) is 4.84. The van der Waals surface area contributed by atoms with E-state index in [9.17, 15) is 24.9 Å². The van der Waals surface area contributed by atoms with Gasteiger partial charge in [-0.2, -0.15) is 0 Å². The first-order valence-electron chi connectivity index (χ1n) is 13.5. The van der Waals surface area contributed by atoms with Gasteiger partial charge in [-0.05, 0) is 28.7 Å². The molecule has 3 aliphatic carbocycles. The van der Waals surface area contributed by atoms with Crippen molar-refractivity contribution in [3.8, 4) is 0 Å². The summed E-state index contributed by atoms with van der Waals surface area (Å²) >= 11 is 0. The number of carboxylic acid groups (broad SMARTS) is 1. The summed E-state index contributed by atoms with van der Waals surface area (Å²) in [6, 6.07) is 13.5. The van der Waals surface area contributed by atoms with Crippen molar-refractivity contribution < 1.29 is 24.9 Å². The highest BCUT2D eigenvalue weighted by atomic mass is 16.4. The lowest BCUT2D eigenvalue weighted by Gasteiger charge is -2.57. The number of hydrogen-bond donors (Lipinski definition) is 4. The van der Waals surface area contributed by atoms with Gasteiger partial charge in [-0.1, -0.05) is 113 Å². The number of benzene rings is 2. The molecule has 0 heterocycles. The second-order valence-corrected chi connectivity index (χ2v) is 10.4. The van der Waals surface area contributed by atoms with E-state index in [2.05, 4.69) is 12.2 Å². The largest absolute Gasteiger partial charge is 0.481 e. The number of fused-ring (bicyclic) bond motifs is 1. The van der Waals surface area contributed by atoms with Crippen LogP contribution in [0.2, 0.25) is 0 Å². The van der Waals surface area contributed by atoms with Crippen molar-refractivity contribution in [3.63, 3.8) is 0 Å². The number of hydrogen-bond acceptors (Lipinski definition) is 4. The fraction of sp³-hybridized carbons (Fsp3) is 0.533. The molecule has 2 aromatic carbocycles. The maximum absolute atomic E-state index is 13.5. The zero-order valence-electron chi connectivity index (χ0n) is 21.2. The van der Waals surface area contributed by atoms with E-state index in [1.165, 1.54) is 44.9 Å². The highest BCUT2D eigenvalue weighted by Crippen LogP contribution is 2.62. The number of amides is 1. The molecule has 36 heavy (non-hydrogen) atoms. The second kappa shape index (κ2) is 11.1. The maximum atomic E-state index is 13.5. The number of carbonyl (C=O) groups excluding carboxylic acids is 1. The first-order valence-corrected chi connectivity index (χ1v) is 13.5. The standard InChI is InChI=1S/C30H39NO5/c1-2-3-4-5-6-7-8-9-10-15-20-31-27(32)25-26(28(33)34)30(36)23-18-13-11-16-21(23)29(25,35)22-17-12-14-19-24(22)30/h11-14,16-19,25-26,35-36H,2-10,15,20H2,1H3,(H,31,32)(H,33,34). The number of nitrogens with one attached hydrogen (secondary N) is 1. The van der Waals surface area contributed by atoms with Crippen LogP contribution in [0.5, 0.6) is 0 Å². The molecular formula is C30H39NO5.